The molecule has 0 saturated heterocycles. The number of benzene rings is 6. The summed E-state index contributed by atoms with van der Waals surface area (Å²) in [6, 6.07) is 46.6. The second-order valence-electron chi connectivity index (χ2n) is 21.1. The molecule has 0 spiro atoms. The third-order valence-electron chi connectivity index (χ3n) is 14.2. The predicted molar refractivity (Wildman–Crippen MR) is 441 cm³/mol. The van der Waals surface area contributed by atoms with Crippen LogP contribution < -0.4 is 68.9 Å². The van der Waals surface area contributed by atoms with E-state index in [0.717, 1.165) is 80.7 Å². The molecule has 0 amide bonds. The van der Waals surface area contributed by atoms with Crippen molar-refractivity contribution in [3.63, 3.8) is 0 Å². The summed E-state index contributed by atoms with van der Waals surface area (Å²) in [7, 11) is 10.2. The average molecular weight is 1550 g/mol. The molecule has 12 aromatic rings. The molecule has 6 aromatic carbocycles. The van der Waals surface area contributed by atoms with Gasteiger partial charge in [-0.1, -0.05) is 191 Å². The van der Waals surface area contributed by atoms with Gasteiger partial charge in [-0.3, -0.25) is 4.57 Å². The molecule has 12 heterocycles. The molecule has 6 N–H and O–H groups in total. The molecule has 0 atom stereocenters. The van der Waals surface area contributed by atoms with Gasteiger partial charge in [0.15, 0.2) is 57.0 Å². The Kier molecular flexibility index (Phi) is 31.7. The van der Waals surface area contributed by atoms with Gasteiger partial charge in [0.1, 0.15) is 5.82 Å². The molecule has 32 heteroatoms. The molecule has 6 aromatic heterocycles. The summed E-state index contributed by atoms with van der Waals surface area (Å²) in [4.78, 5) is 75.2. The van der Waals surface area contributed by atoms with E-state index in [4.69, 9.17) is 38.6 Å². The minimum Gasteiger partial charge on any atom is -0.450 e. The molecule has 6 aliphatic rings. The minimum atomic E-state index is -0.422. The van der Waals surface area contributed by atoms with E-state index in [1.807, 2.05) is 254 Å². The second-order valence-corrected chi connectivity index (χ2v) is 25.0. The number of nitrogens with one attached hydrogen (secondary N) is 6. The first-order valence-electron chi connectivity index (χ1n) is 34.9. The molecule has 6 aliphatic heterocycles. The van der Waals surface area contributed by atoms with E-state index >= 15 is 0 Å². The van der Waals surface area contributed by atoms with Gasteiger partial charge >= 0.3 is 22.8 Å². The van der Waals surface area contributed by atoms with Crippen molar-refractivity contribution in [3.05, 3.63) is 222 Å². The summed E-state index contributed by atoms with van der Waals surface area (Å²) in [6.07, 6.45) is 7.26. The van der Waals surface area contributed by atoms with E-state index in [1.165, 1.54) is 37.5 Å². The smallest absolute Gasteiger partial charge is 0.365 e. The Morgan fingerprint density at radius 3 is 1.08 bits per heavy atom. The molecule has 0 bridgehead atoms. The van der Waals surface area contributed by atoms with Crippen LogP contribution in [-0.2, 0) is 42.3 Å². The van der Waals surface area contributed by atoms with Crippen molar-refractivity contribution in [3.8, 4) is 34.6 Å². The van der Waals surface area contributed by atoms with Crippen LogP contribution in [0.4, 0.5) is 69.0 Å². The lowest BCUT2D eigenvalue weighted by atomic mass is 10.2. The van der Waals surface area contributed by atoms with Crippen molar-refractivity contribution in [2.24, 2.45) is 42.3 Å². The summed E-state index contributed by atoms with van der Waals surface area (Å²) >= 11 is 15.1. The van der Waals surface area contributed by atoms with Crippen LogP contribution in [0.3, 0.4) is 0 Å². The first kappa shape index (κ1) is 83.8. The van der Waals surface area contributed by atoms with Crippen molar-refractivity contribution >= 4 is 129 Å². The first-order chi connectivity index (χ1) is 52.4. The lowest BCUT2D eigenvalue weighted by Crippen LogP contribution is -2.25. The maximum Gasteiger partial charge on any atom is 0.365 e. The highest BCUT2D eigenvalue weighted by atomic mass is 32.2. The van der Waals surface area contributed by atoms with Gasteiger partial charge in [0.05, 0.1) is 56.3 Å². The number of fused-ring (bicyclic) bond motifs is 12. The Hall–Kier alpha value is -11.5. The Morgan fingerprint density at radius 2 is 0.602 bits per heavy atom. The average Bonchev–Trinajstić information content (AvgIpc) is 0.832. The largest absolute Gasteiger partial charge is 0.450 e. The zero-order valence-corrected chi connectivity index (χ0v) is 67.4. The quantitative estimate of drug-likeness (QED) is 0.0769. The highest BCUT2D eigenvalue weighted by molar-refractivity contribution is 8.00. The monoisotopic (exact) mass is 1550 g/mol. The second kappa shape index (κ2) is 40.9. The Bertz CT molecular complexity index is 4600. The molecule has 18 rings (SSSR count). The summed E-state index contributed by atoms with van der Waals surface area (Å²) < 4.78 is 26.8. The van der Waals surface area contributed by atoms with Crippen molar-refractivity contribution in [2.75, 3.05) is 31.9 Å². The van der Waals surface area contributed by atoms with Crippen molar-refractivity contribution < 1.29 is 14.2 Å². The first-order valence-corrected chi connectivity index (χ1v) is 38.1. The lowest BCUT2D eigenvalue weighted by molar-refractivity contribution is 0.432. The van der Waals surface area contributed by atoms with Crippen LogP contribution in [-0.4, -0.2) is 67.7 Å². The fraction of sp³-hybridized carbons (Fsp3) is 0.237. The number of anilines is 12. The zero-order valence-electron chi connectivity index (χ0n) is 63.3. The number of ether oxygens (including phenoxy) is 3. The molecule has 0 radical (unpaired) electrons. The molecule has 0 aliphatic carbocycles. The summed E-state index contributed by atoms with van der Waals surface area (Å²) in [5, 5.41) is 27.7. The van der Waals surface area contributed by atoms with Crippen LogP contribution >= 0.6 is 59.7 Å². The number of para-hydroxylation sites is 9. The number of hydrogen-bond donors (Lipinski definition) is 6. The van der Waals surface area contributed by atoms with Crippen molar-refractivity contribution in [2.45, 2.75) is 113 Å². The van der Waals surface area contributed by atoms with Gasteiger partial charge in [-0.2, -0.15) is 30.0 Å². The molecule has 0 unspecified atom stereocenters. The molecule has 0 fully saturated rings. The standard InChI is InChI=1S/C11H9N3O2.2C11H9N3OS.C11H9N3S2.C10H8N4O2.C10H8N4OS.6C2H6/c2*1-14-6-9-10(13-11(14)15)12-7-4-2-3-5-8(7)16-9;1-14-6-9-10(13-11(14)16)12-7-4-2-3-5-8(7)15-9;1-14-6-9-10(13-11(14)15)12-7-4-2-3-5-8(7)16-9;2*1-14-10(15)12-8-9(13-14)16-7-5-3-2-4-6(7)11-8;6*1-2/h2*2-6H,1H3,(H,12,13,15);2-6H,1H3,(H,12,13,16);2-6H,1H3,(H,12,13,15);2*2-5H,1H3,(H,11,12,15);6*1-2H3. The van der Waals surface area contributed by atoms with Gasteiger partial charge in [-0.15, -0.1) is 5.10 Å². The van der Waals surface area contributed by atoms with Gasteiger partial charge in [-0.25, -0.2) is 33.5 Å². The van der Waals surface area contributed by atoms with E-state index in [2.05, 4.69) is 78.1 Å². The Morgan fingerprint density at radius 1 is 0.296 bits per heavy atom. The topological polar surface area (TPSA) is 301 Å². The number of aromatic nitrogens is 14. The zero-order chi connectivity index (χ0) is 78.7. The normalized spacial score (nSPS) is 11.3. The van der Waals surface area contributed by atoms with Crippen LogP contribution in [0.15, 0.2) is 219 Å². The van der Waals surface area contributed by atoms with E-state index in [1.54, 1.807) is 61.6 Å². The summed E-state index contributed by atoms with van der Waals surface area (Å²) in [6.45, 7) is 24.0. The summed E-state index contributed by atoms with van der Waals surface area (Å²) in [5.41, 5.74) is 4.22. The lowest BCUT2D eigenvalue weighted by Gasteiger charge is -2.20. The van der Waals surface area contributed by atoms with Crippen molar-refractivity contribution in [1.82, 2.24) is 67.7 Å². The predicted octanol–water partition coefficient (Wildman–Crippen LogP) is 18.5. The maximum absolute atomic E-state index is 11.4. The SMILES string of the molecule is CC.CC.CC.CC.CC.CC.Cn1cc2c(nc1=O)Nc1ccccc1O2.Cn1cc2c(nc1=O)Nc1ccccc1S2.Cn1cc2c(nc1=S)Nc1ccccc1O2.Cn1cc2c(nc1=S)Nc1ccccc1S2.Cn1nc2c(nc1=O)Nc1ccccc1O2.Cn1nc2c(nc1=O)Nc1ccccc1S2. The van der Waals surface area contributed by atoms with Crippen molar-refractivity contribution in [1.29, 1.82) is 0 Å². The molecule has 564 valence electrons. The number of aryl methyl sites for hydroxylation is 6. The molecule has 0 saturated carbocycles. The van der Waals surface area contributed by atoms with E-state index < -0.39 is 5.69 Å². The fourth-order valence-electron chi connectivity index (χ4n) is 9.33. The fourth-order valence-corrected chi connectivity index (χ4v) is 12.6. The Balaban J connectivity index is 0.000000175. The minimum absolute atomic E-state index is 0.244. The van der Waals surface area contributed by atoms with Gasteiger partial charge in [0.25, 0.3) is 5.88 Å². The maximum atomic E-state index is 11.4. The third kappa shape index (κ3) is 21.0. The van der Waals surface area contributed by atoms with Crippen LogP contribution in [0.2, 0.25) is 0 Å². The third-order valence-corrected chi connectivity index (χ3v) is 18.2. The van der Waals surface area contributed by atoms with E-state index in [-0.39, 0.29) is 17.1 Å². The highest BCUT2D eigenvalue weighted by Crippen LogP contribution is 2.46. The molecule has 27 nitrogen and oxygen atoms in total. The van der Waals surface area contributed by atoms with Crippen LogP contribution in [0.25, 0.3) is 0 Å². The number of nitrogens with zero attached hydrogens (tertiary/aromatic N) is 14. The number of hydrogen-bond acceptors (Lipinski definition) is 26. The molecular formula is C76H88N20O7S5. The highest BCUT2D eigenvalue weighted by Gasteiger charge is 2.24. The number of rotatable bonds is 0. The van der Waals surface area contributed by atoms with Gasteiger partial charge in [-0.05, 0) is 97.2 Å². The van der Waals surface area contributed by atoms with E-state index in [9.17, 15) is 19.2 Å². The van der Waals surface area contributed by atoms with Gasteiger partial charge < -0.3 is 59.8 Å². The van der Waals surface area contributed by atoms with Crippen LogP contribution in [0, 0.1) is 9.54 Å². The molecule has 108 heavy (non-hydrogen) atoms. The van der Waals surface area contributed by atoms with Crippen LogP contribution in [0.1, 0.15) is 83.1 Å². The van der Waals surface area contributed by atoms with Gasteiger partial charge in [0, 0.05) is 69.4 Å². The Labute approximate surface area is 649 Å². The van der Waals surface area contributed by atoms with Crippen LogP contribution in [0.5, 0.6) is 34.6 Å². The van der Waals surface area contributed by atoms with E-state index in [0.29, 0.717) is 61.8 Å². The summed E-state index contributed by atoms with van der Waals surface area (Å²) in [5.74, 6) is 7.26. The van der Waals surface area contributed by atoms with Gasteiger partial charge in [0.2, 0.25) is 15.4 Å². The molecular weight excluding hydrogens is 1470 g/mol.